The predicted molar refractivity (Wildman–Crippen MR) is 130 cm³/mol. The maximum atomic E-state index is 14.0. The minimum atomic E-state index is -0.256. The van der Waals surface area contributed by atoms with E-state index in [1.54, 1.807) is 53.2 Å². The van der Waals surface area contributed by atoms with Crippen molar-refractivity contribution < 1.29 is 23.5 Å². The predicted octanol–water partition coefficient (Wildman–Crippen LogP) is 2.84. The molecule has 0 saturated carbocycles. The van der Waals surface area contributed by atoms with E-state index in [-0.39, 0.29) is 30.7 Å². The number of para-hydroxylation sites is 1. The first kappa shape index (κ1) is 25.3. The molecule has 1 N–H and O–H groups in total. The lowest BCUT2D eigenvalue weighted by Gasteiger charge is -2.36. The first-order chi connectivity index (χ1) is 16.4. The van der Waals surface area contributed by atoms with Gasteiger partial charge < -0.3 is 24.6 Å². The standard InChI is InChI=1S/C25H33FN4O4/c1-4-33-22-11-10-19(16-23(22)34-5-2)27-24(31)17-28(3)18-25(32)30-14-12-29(13-15-30)21-9-7-6-8-20(21)26/h6-11,16H,4-5,12-15,17-18H2,1-3H3,(H,27,31). The number of rotatable bonds is 10. The number of piperazine rings is 1. The van der Waals surface area contributed by atoms with Gasteiger partial charge in [-0.2, -0.15) is 0 Å². The van der Waals surface area contributed by atoms with E-state index in [0.717, 1.165) is 0 Å². The molecule has 2 amide bonds. The zero-order chi connectivity index (χ0) is 24.5. The number of carbonyl (C=O) groups is 2. The van der Waals surface area contributed by atoms with Crippen LogP contribution in [-0.4, -0.2) is 81.1 Å². The molecule has 0 spiro atoms. The van der Waals surface area contributed by atoms with Gasteiger partial charge in [0.2, 0.25) is 11.8 Å². The van der Waals surface area contributed by atoms with Gasteiger partial charge in [-0.05, 0) is 45.2 Å². The summed E-state index contributed by atoms with van der Waals surface area (Å²) in [5.41, 5.74) is 1.16. The fourth-order valence-corrected chi connectivity index (χ4v) is 3.87. The number of halogens is 1. The van der Waals surface area contributed by atoms with Gasteiger partial charge in [0.05, 0.1) is 32.0 Å². The van der Waals surface area contributed by atoms with Crippen LogP contribution in [0.2, 0.25) is 0 Å². The second-order valence-electron chi connectivity index (χ2n) is 8.07. The quantitative estimate of drug-likeness (QED) is 0.573. The smallest absolute Gasteiger partial charge is 0.238 e. The Bertz CT molecular complexity index is 979. The number of likely N-dealkylation sites (N-methyl/N-ethyl adjacent to an activating group) is 1. The Morgan fingerprint density at radius 3 is 2.32 bits per heavy atom. The van der Waals surface area contributed by atoms with E-state index in [0.29, 0.717) is 62.3 Å². The first-order valence-electron chi connectivity index (χ1n) is 11.6. The van der Waals surface area contributed by atoms with Gasteiger partial charge in [-0.25, -0.2) is 4.39 Å². The lowest BCUT2D eigenvalue weighted by atomic mass is 10.2. The van der Waals surface area contributed by atoms with Crippen molar-refractivity contribution in [3.8, 4) is 11.5 Å². The SMILES string of the molecule is CCOc1ccc(NC(=O)CN(C)CC(=O)N2CCN(c3ccccc3F)CC2)cc1OCC. The number of hydrogen-bond acceptors (Lipinski definition) is 6. The Morgan fingerprint density at radius 2 is 1.65 bits per heavy atom. The summed E-state index contributed by atoms with van der Waals surface area (Å²) in [5.74, 6) is 0.656. The van der Waals surface area contributed by atoms with Crippen LogP contribution >= 0.6 is 0 Å². The zero-order valence-electron chi connectivity index (χ0n) is 20.1. The normalized spacial score (nSPS) is 13.7. The molecule has 0 aliphatic carbocycles. The number of benzene rings is 2. The summed E-state index contributed by atoms with van der Waals surface area (Å²) in [5, 5.41) is 2.84. The molecule has 1 saturated heterocycles. The van der Waals surface area contributed by atoms with E-state index in [9.17, 15) is 14.0 Å². The van der Waals surface area contributed by atoms with Crippen molar-refractivity contribution in [1.29, 1.82) is 0 Å². The third kappa shape index (κ3) is 6.84. The largest absolute Gasteiger partial charge is 0.490 e. The van der Waals surface area contributed by atoms with Crippen LogP contribution in [0.4, 0.5) is 15.8 Å². The van der Waals surface area contributed by atoms with Gasteiger partial charge in [-0.1, -0.05) is 12.1 Å². The summed E-state index contributed by atoms with van der Waals surface area (Å²) in [6.07, 6.45) is 0. The molecule has 2 aromatic rings. The Balaban J connectivity index is 1.46. The lowest BCUT2D eigenvalue weighted by molar-refractivity contribution is -0.132. The summed E-state index contributed by atoms with van der Waals surface area (Å²) < 4.78 is 25.2. The minimum Gasteiger partial charge on any atom is -0.490 e. The Hall–Kier alpha value is -3.33. The van der Waals surface area contributed by atoms with Crippen molar-refractivity contribution in [3.05, 3.63) is 48.3 Å². The zero-order valence-corrected chi connectivity index (χ0v) is 20.1. The molecule has 0 unspecified atom stereocenters. The van der Waals surface area contributed by atoms with Crippen molar-refractivity contribution in [2.45, 2.75) is 13.8 Å². The maximum Gasteiger partial charge on any atom is 0.238 e. The first-order valence-corrected chi connectivity index (χ1v) is 11.6. The average molecular weight is 473 g/mol. The molecule has 0 radical (unpaired) electrons. The third-order valence-electron chi connectivity index (χ3n) is 5.47. The van der Waals surface area contributed by atoms with Crippen LogP contribution in [0.3, 0.4) is 0 Å². The number of ether oxygens (including phenoxy) is 2. The van der Waals surface area contributed by atoms with Crippen molar-refractivity contribution in [2.75, 3.05) is 69.7 Å². The molecule has 9 heteroatoms. The van der Waals surface area contributed by atoms with E-state index < -0.39 is 0 Å². The monoisotopic (exact) mass is 472 g/mol. The van der Waals surface area contributed by atoms with Crippen LogP contribution in [0.1, 0.15) is 13.8 Å². The number of amides is 2. The molecule has 1 fully saturated rings. The van der Waals surface area contributed by atoms with E-state index in [2.05, 4.69) is 5.32 Å². The number of anilines is 2. The molecule has 34 heavy (non-hydrogen) atoms. The number of carbonyl (C=O) groups excluding carboxylic acids is 2. The molecule has 8 nitrogen and oxygen atoms in total. The van der Waals surface area contributed by atoms with Crippen molar-refractivity contribution in [3.63, 3.8) is 0 Å². The van der Waals surface area contributed by atoms with Gasteiger partial charge in [0.15, 0.2) is 11.5 Å². The fraction of sp³-hybridized carbons (Fsp3) is 0.440. The molecule has 3 rings (SSSR count). The molecule has 0 aromatic heterocycles. The summed E-state index contributed by atoms with van der Waals surface area (Å²) >= 11 is 0. The second-order valence-corrected chi connectivity index (χ2v) is 8.07. The van der Waals surface area contributed by atoms with E-state index in [1.165, 1.54) is 6.07 Å². The molecule has 184 valence electrons. The average Bonchev–Trinajstić information content (AvgIpc) is 2.81. The molecule has 0 atom stereocenters. The number of nitrogens with one attached hydrogen (secondary N) is 1. The molecule has 1 aliphatic heterocycles. The summed E-state index contributed by atoms with van der Waals surface area (Å²) in [6.45, 7) is 7.13. The molecule has 2 aromatic carbocycles. The molecular formula is C25H33FN4O4. The minimum absolute atomic E-state index is 0.0526. The van der Waals surface area contributed by atoms with E-state index in [1.807, 2.05) is 18.7 Å². The number of nitrogens with zero attached hydrogens (tertiary/aromatic N) is 3. The van der Waals surface area contributed by atoms with Gasteiger partial charge in [0, 0.05) is 37.9 Å². The lowest BCUT2D eigenvalue weighted by Crippen LogP contribution is -2.51. The molecule has 1 heterocycles. The van der Waals surface area contributed by atoms with Crippen molar-refractivity contribution >= 4 is 23.2 Å². The third-order valence-corrected chi connectivity index (χ3v) is 5.47. The molecule has 1 aliphatic rings. The van der Waals surface area contributed by atoms with Gasteiger partial charge in [-0.15, -0.1) is 0 Å². The van der Waals surface area contributed by atoms with E-state index in [4.69, 9.17) is 9.47 Å². The highest BCUT2D eigenvalue weighted by atomic mass is 19.1. The number of hydrogen-bond donors (Lipinski definition) is 1. The summed E-state index contributed by atoms with van der Waals surface area (Å²) in [4.78, 5) is 30.6. The highest BCUT2D eigenvalue weighted by molar-refractivity contribution is 5.93. The van der Waals surface area contributed by atoms with Gasteiger partial charge in [0.25, 0.3) is 0 Å². The second kappa shape index (κ2) is 12.2. The molecular weight excluding hydrogens is 439 g/mol. The summed E-state index contributed by atoms with van der Waals surface area (Å²) in [6, 6.07) is 11.9. The van der Waals surface area contributed by atoms with Gasteiger partial charge >= 0.3 is 0 Å². The van der Waals surface area contributed by atoms with Gasteiger partial charge in [0.1, 0.15) is 5.82 Å². The highest BCUT2D eigenvalue weighted by Gasteiger charge is 2.23. The fourth-order valence-electron chi connectivity index (χ4n) is 3.87. The Morgan fingerprint density at radius 1 is 0.971 bits per heavy atom. The Labute approximate surface area is 200 Å². The van der Waals surface area contributed by atoms with Crippen LogP contribution in [0, 0.1) is 5.82 Å². The maximum absolute atomic E-state index is 14.0. The van der Waals surface area contributed by atoms with Crippen LogP contribution in [0.25, 0.3) is 0 Å². The van der Waals surface area contributed by atoms with Crippen molar-refractivity contribution in [2.24, 2.45) is 0 Å². The van der Waals surface area contributed by atoms with Crippen LogP contribution < -0.4 is 19.7 Å². The molecule has 0 bridgehead atoms. The highest BCUT2D eigenvalue weighted by Crippen LogP contribution is 2.30. The van der Waals surface area contributed by atoms with E-state index >= 15 is 0 Å². The van der Waals surface area contributed by atoms with Gasteiger partial charge in [-0.3, -0.25) is 14.5 Å². The van der Waals surface area contributed by atoms with Crippen molar-refractivity contribution in [1.82, 2.24) is 9.80 Å². The van der Waals surface area contributed by atoms with Crippen LogP contribution in [-0.2, 0) is 9.59 Å². The van der Waals surface area contributed by atoms with Crippen LogP contribution in [0.5, 0.6) is 11.5 Å². The Kier molecular flexibility index (Phi) is 9.09. The summed E-state index contributed by atoms with van der Waals surface area (Å²) in [7, 11) is 1.73. The topological polar surface area (TPSA) is 74.4 Å². The van der Waals surface area contributed by atoms with Crippen LogP contribution in [0.15, 0.2) is 42.5 Å².